The van der Waals surface area contributed by atoms with Crippen LogP contribution in [0.15, 0.2) is 41.0 Å². The number of halogens is 3. The van der Waals surface area contributed by atoms with Crippen LogP contribution in [0.4, 0.5) is 18.9 Å². The fourth-order valence-electron chi connectivity index (χ4n) is 3.03. The van der Waals surface area contributed by atoms with Gasteiger partial charge in [0.05, 0.1) is 18.4 Å². The largest absolute Gasteiger partial charge is 0.573 e. The summed E-state index contributed by atoms with van der Waals surface area (Å²) in [6.07, 6.45) is -3.28. The number of hydrogen-bond donors (Lipinski definition) is 1. The number of carbonyl (C=O) groups excluding carboxylic acids is 2. The van der Waals surface area contributed by atoms with E-state index < -0.39 is 6.36 Å². The average molecular weight is 411 g/mol. The van der Waals surface area contributed by atoms with Gasteiger partial charge in [-0.25, -0.2) is 0 Å². The first-order valence-electron chi connectivity index (χ1n) is 8.92. The number of piperazine rings is 1. The van der Waals surface area contributed by atoms with Gasteiger partial charge >= 0.3 is 6.36 Å². The lowest BCUT2D eigenvalue weighted by Crippen LogP contribution is -2.50. The number of alkyl halides is 3. The zero-order valence-electron chi connectivity index (χ0n) is 15.7. The molecule has 156 valence electrons. The van der Waals surface area contributed by atoms with E-state index in [4.69, 9.17) is 4.42 Å². The van der Waals surface area contributed by atoms with Crippen molar-refractivity contribution in [1.29, 1.82) is 0 Å². The van der Waals surface area contributed by atoms with Gasteiger partial charge in [0.1, 0.15) is 11.5 Å². The second kappa shape index (κ2) is 8.56. The first-order chi connectivity index (χ1) is 13.7. The minimum atomic E-state index is -4.76. The Labute approximate surface area is 165 Å². The van der Waals surface area contributed by atoms with Crippen LogP contribution in [0.25, 0.3) is 0 Å². The molecular weight excluding hydrogens is 391 g/mol. The molecule has 1 aliphatic heterocycles. The smallest absolute Gasteiger partial charge is 0.469 e. The summed E-state index contributed by atoms with van der Waals surface area (Å²) >= 11 is 0. The van der Waals surface area contributed by atoms with Crippen molar-refractivity contribution in [3.8, 4) is 5.75 Å². The maximum Gasteiger partial charge on any atom is 0.573 e. The van der Waals surface area contributed by atoms with E-state index in [1.807, 2.05) is 4.90 Å². The van der Waals surface area contributed by atoms with Gasteiger partial charge < -0.3 is 19.4 Å². The monoisotopic (exact) mass is 411 g/mol. The molecular formula is C19H20F3N3O4. The van der Waals surface area contributed by atoms with Crippen molar-refractivity contribution in [3.05, 3.63) is 47.9 Å². The fraction of sp³-hybridized carbons (Fsp3) is 0.368. The summed E-state index contributed by atoms with van der Waals surface area (Å²) in [5.41, 5.74) is 0.905. The van der Waals surface area contributed by atoms with Gasteiger partial charge in [-0.3, -0.25) is 14.5 Å². The Morgan fingerprint density at radius 3 is 2.31 bits per heavy atom. The summed E-state index contributed by atoms with van der Waals surface area (Å²) in [7, 11) is 0. The molecule has 1 aromatic carbocycles. The number of benzene rings is 1. The minimum absolute atomic E-state index is 0.0958. The lowest BCUT2D eigenvalue weighted by molar-refractivity contribution is -0.274. The van der Waals surface area contributed by atoms with E-state index in [2.05, 4.69) is 10.1 Å². The topological polar surface area (TPSA) is 75.0 Å². The number of rotatable bonds is 5. The van der Waals surface area contributed by atoms with Gasteiger partial charge in [0.15, 0.2) is 0 Å². The van der Waals surface area contributed by atoms with Crippen molar-refractivity contribution >= 4 is 17.5 Å². The average Bonchev–Trinajstić information content (AvgIpc) is 3.08. The van der Waals surface area contributed by atoms with Crippen molar-refractivity contribution < 1.29 is 31.9 Å². The highest BCUT2D eigenvalue weighted by Gasteiger charge is 2.31. The molecule has 0 unspecified atom stereocenters. The highest BCUT2D eigenvalue weighted by Crippen LogP contribution is 2.24. The Balaban J connectivity index is 1.45. The Morgan fingerprint density at radius 1 is 1.10 bits per heavy atom. The Kier molecular flexibility index (Phi) is 6.12. The summed E-state index contributed by atoms with van der Waals surface area (Å²) in [5, 5.41) is 2.63. The molecule has 0 spiro atoms. The van der Waals surface area contributed by atoms with Crippen LogP contribution < -0.4 is 10.1 Å². The third-order valence-electron chi connectivity index (χ3n) is 4.49. The van der Waals surface area contributed by atoms with Crippen molar-refractivity contribution in [2.45, 2.75) is 13.3 Å². The molecule has 7 nitrogen and oxygen atoms in total. The summed E-state index contributed by atoms with van der Waals surface area (Å²) in [5.74, 6) is -0.172. The molecule has 3 rings (SSSR count). The molecule has 2 amide bonds. The molecule has 2 heterocycles. The molecule has 2 aromatic rings. The first kappa shape index (κ1) is 20.7. The molecule has 1 aliphatic rings. The molecule has 0 radical (unpaired) electrons. The Morgan fingerprint density at radius 2 is 1.76 bits per heavy atom. The maximum atomic E-state index is 12.5. The maximum absolute atomic E-state index is 12.5. The molecule has 1 aromatic heterocycles. The molecule has 0 saturated carbocycles. The standard InChI is InChI=1S/C19H20F3N3O4/c1-13-16(6-11-28-13)18(27)25-9-7-24(8-10-25)12-17(26)23-14-2-4-15(5-3-14)29-19(20,21)22/h2-6,11H,7-10,12H2,1H3,(H,23,26). The van der Waals surface area contributed by atoms with Gasteiger partial charge in [0.25, 0.3) is 5.91 Å². The molecule has 29 heavy (non-hydrogen) atoms. The zero-order valence-corrected chi connectivity index (χ0v) is 15.7. The van der Waals surface area contributed by atoms with Crippen molar-refractivity contribution in [2.75, 3.05) is 38.0 Å². The predicted molar refractivity (Wildman–Crippen MR) is 97.5 cm³/mol. The number of carbonyl (C=O) groups is 2. The van der Waals surface area contributed by atoms with E-state index >= 15 is 0 Å². The van der Waals surface area contributed by atoms with Crippen molar-refractivity contribution in [2.24, 2.45) is 0 Å². The number of ether oxygens (including phenoxy) is 1. The summed E-state index contributed by atoms with van der Waals surface area (Å²) in [6.45, 7) is 3.90. The number of amides is 2. The summed E-state index contributed by atoms with van der Waals surface area (Å²) in [6, 6.07) is 6.57. The van der Waals surface area contributed by atoms with E-state index in [-0.39, 0.29) is 24.1 Å². The SMILES string of the molecule is Cc1occc1C(=O)N1CCN(CC(=O)Nc2ccc(OC(F)(F)F)cc2)CC1. The fourth-order valence-corrected chi connectivity index (χ4v) is 3.03. The molecule has 1 fully saturated rings. The third kappa shape index (κ3) is 5.74. The van der Waals surface area contributed by atoms with E-state index in [1.54, 1.807) is 17.9 Å². The van der Waals surface area contributed by atoms with E-state index in [0.29, 0.717) is 43.2 Å². The first-order valence-corrected chi connectivity index (χ1v) is 8.92. The number of hydrogen-bond acceptors (Lipinski definition) is 5. The minimum Gasteiger partial charge on any atom is -0.469 e. The normalized spacial score (nSPS) is 15.2. The van der Waals surface area contributed by atoms with Gasteiger partial charge in [-0.2, -0.15) is 0 Å². The zero-order chi connectivity index (χ0) is 21.0. The molecule has 1 N–H and O–H groups in total. The lowest BCUT2D eigenvalue weighted by Gasteiger charge is -2.34. The van der Waals surface area contributed by atoms with E-state index in [1.165, 1.54) is 18.4 Å². The van der Waals surface area contributed by atoms with Gasteiger partial charge in [0.2, 0.25) is 5.91 Å². The van der Waals surface area contributed by atoms with Crippen LogP contribution in [0.5, 0.6) is 5.75 Å². The van der Waals surface area contributed by atoms with Crippen LogP contribution in [-0.2, 0) is 4.79 Å². The van der Waals surface area contributed by atoms with Crippen LogP contribution in [-0.4, -0.2) is 60.7 Å². The van der Waals surface area contributed by atoms with Gasteiger partial charge in [-0.15, -0.1) is 13.2 Å². The van der Waals surface area contributed by atoms with Crippen LogP contribution in [0, 0.1) is 6.92 Å². The van der Waals surface area contributed by atoms with Gasteiger partial charge in [0, 0.05) is 31.9 Å². The molecule has 1 saturated heterocycles. The summed E-state index contributed by atoms with van der Waals surface area (Å²) < 4.78 is 45.4. The lowest BCUT2D eigenvalue weighted by atomic mass is 10.2. The van der Waals surface area contributed by atoms with Crippen LogP contribution in [0.2, 0.25) is 0 Å². The van der Waals surface area contributed by atoms with Gasteiger partial charge in [-0.05, 0) is 37.3 Å². The third-order valence-corrected chi connectivity index (χ3v) is 4.49. The Hall–Kier alpha value is -3.01. The number of nitrogens with zero attached hydrogens (tertiary/aromatic N) is 2. The Bertz CT molecular complexity index is 856. The molecule has 0 atom stereocenters. The predicted octanol–water partition coefficient (Wildman–Crippen LogP) is 2.88. The molecule has 0 aliphatic carbocycles. The van der Waals surface area contributed by atoms with Gasteiger partial charge in [-0.1, -0.05) is 0 Å². The number of furan rings is 1. The highest BCUT2D eigenvalue weighted by atomic mass is 19.4. The molecule has 0 bridgehead atoms. The number of nitrogens with one attached hydrogen (secondary N) is 1. The summed E-state index contributed by atoms with van der Waals surface area (Å²) in [4.78, 5) is 28.3. The number of anilines is 1. The van der Waals surface area contributed by atoms with E-state index in [9.17, 15) is 22.8 Å². The van der Waals surface area contributed by atoms with Crippen LogP contribution >= 0.6 is 0 Å². The number of aryl methyl sites for hydroxylation is 1. The highest BCUT2D eigenvalue weighted by molar-refractivity contribution is 5.95. The quantitative estimate of drug-likeness (QED) is 0.819. The van der Waals surface area contributed by atoms with Crippen LogP contribution in [0.3, 0.4) is 0 Å². The van der Waals surface area contributed by atoms with E-state index in [0.717, 1.165) is 12.1 Å². The second-order valence-electron chi connectivity index (χ2n) is 6.58. The van der Waals surface area contributed by atoms with Crippen LogP contribution in [0.1, 0.15) is 16.1 Å². The van der Waals surface area contributed by atoms with Crippen molar-refractivity contribution in [1.82, 2.24) is 9.80 Å². The van der Waals surface area contributed by atoms with Crippen molar-refractivity contribution in [3.63, 3.8) is 0 Å². The second-order valence-corrected chi connectivity index (χ2v) is 6.58. The molecule has 10 heteroatoms.